The molecule has 1 aromatic rings. The second-order valence-electron chi connectivity index (χ2n) is 2.70. The molecule has 0 heterocycles. The summed E-state index contributed by atoms with van der Waals surface area (Å²) in [5.74, 6) is -0.934. The van der Waals surface area contributed by atoms with Gasteiger partial charge in [0.2, 0.25) is 5.91 Å². The minimum absolute atomic E-state index is 0.466. The van der Waals surface area contributed by atoms with Crippen molar-refractivity contribution in [1.82, 2.24) is 0 Å². The summed E-state index contributed by atoms with van der Waals surface area (Å²) >= 11 is 0. The van der Waals surface area contributed by atoms with Crippen LogP contribution in [0.5, 0.6) is 0 Å². The first-order valence-corrected chi connectivity index (χ1v) is 3.83. The molecule has 70 valence electrons. The van der Waals surface area contributed by atoms with E-state index < -0.39 is 18.1 Å². The van der Waals surface area contributed by atoms with Gasteiger partial charge in [0, 0.05) is 0 Å². The molecular formula is C9H11NO3. The monoisotopic (exact) mass is 181 g/mol. The fourth-order valence-corrected chi connectivity index (χ4v) is 0.988. The van der Waals surface area contributed by atoms with Gasteiger partial charge in [-0.05, 0) is 5.56 Å². The van der Waals surface area contributed by atoms with Gasteiger partial charge in [-0.15, -0.1) is 0 Å². The molecule has 0 aliphatic carbocycles. The van der Waals surface area contributed by atoms with Crippen LogP contribution in [0.2, 0.25) is 0 Å². The fraction of sp³-hybridized carbons (Fsp3) is 0.222. The zero-order chi connectivity index (χ0) is 9.84. The lowest BCUT2D eigenvalue weighted by Crippen LogP contribution is -2.33. The lowest BCUT2D eigenvalue weighted by atomic mass is 10.0. The molecule has 0 spiro atoms. The van der Waals surface area contributed by atoms with Crippen molar-refractivity contribution >= 4 is 5.91 Å². The molecule has 0 bridgehead atoms. The van der Waals surface area contributed by atoms with Gasteiger partial charge in [-0.2, -0.15) is 0 Å². The Labute approximate surface area is 75.6 Å². The van der Waals surface area contributed by atoms with Crippen LogP contribution in [0.25, 0.3) is 0 Å². The van der Waals surface area contributed by atoms with E-state index in [2.05, 4.69) is 0 Å². The second-order valence-corrected chi connectivity index (χ2v) is 2.70. The Kier molecular flexibility index (Phi) is 3.00. The molecule has 13 heavy (non-hydrogen) atoms. The molecule has 0 aliphatic rings. The third-order valence-electron chi connectivity index (χ3n) is 1.73. The van der Waals surface area contributed by atoms with Gasteiger partial charge in [-0.25, -0.2) is 0 Å². The first kappa shape index (κ1) is 9.70. The van der Waals surface area contributed by atoms with Crippen LogP contribution in [0, 0.1) is 0 Å². The van der Waals surface area contributed by atoms with Crippen LogP contribution in [0.4, 0.5) is 0 Å². The highest BCUT2D eigenvalue weighted by Gasteiger charge is 2.22. The number of carbonyl (C=O) groups is 1. The molecular weight excluding hydrogens is 170 g/mol. The molecule has 4 nitrogen and oxygen atoms in total. The molecule has 0 radical (unpaired) electrons. The molecule has 4 N–H and O–H groups in total. The van der Waals surface area contributed by atoms with Gasteiger partial charge in [-0.3, -0.25) is 4.79 Å². The molecule has 0 aliphatic heterocycles. The van der Waals surface area contributed by atoms with E-state index >= 15 is 0 Å². The van der Waals surface area contributed by atoms with E-state index in [1.54, 1.807) is 30.3 Å². The Morgan fingerprint density at radius 3 is 2.23 bits per heavy atom. The summed E-state index contributed by atoms with van der Waals surface area (Å²) < 4.78 is 0. The maximum atomic E-state index is 10.5. The number of hydrogen-bond acceptors (Lipinski definition) is 3. The molecule has 4 heteroatoms. The van der Waals surface area contributed by atoms with Crippen LogP contribution in [0.15, 0.2) is 30.3 Å². The zero-order valence-electron chi connectivity index (χ0n) is 6.92. The second kappa shape index (κ2) is 4.02. The number of carbonyl (C=O) groups excluding carboxylic acids is 1. The number of aliphatic hydroxyl groups excluding tert-OH is 2. The Hall–Kier alpha value is -1.39. The molecule has 1 rings (SSSR count). The van der Waals surface area contributed by atoms with E-state index in [9.17, 15) is 9.90 Å². The Morgan fingerprint density at radius 2 is 1.77 bits per heavy atom. The standard InChI is InChI=1S/C9H11NO3/c10-9(13)8(12)7(11)6-4-2-1-3-5-6/h1-5,7-8,11-12H,(H2,10,13)/t7-,8+/m0/s1. The number of rotatable bonds is 3. The highest BCUT2D eigenvalue weighted by atomic mass is 16.3. The van der Waals surface area contributed by atoms with Crippen molar-refractivity contribution in [3.63, 3.8) is 0 Å². The summed E-state index contributed by atoms with van der Waals surface area (Å²) in [6.07, 6.45) is -2.80. The van der Waals surface area contributed by atoms with Crippen molar-refractivity contribution in [2.45, 2.75) is 12.2 Å². The van der Waals surface area contributed by atoms with Gasteiger partial charge in [0.05, 0.1) is 0 Å². The van der Waals surface area contributed by atoms with Crippen molar-refractivity contribution < 1.29 is 15.0 Å². The molecule has 2 atom stereocenters. The van der Waals surface area contributed by atoms with Crippen molar-refractivity contribution in [2.75, 3.05) is 0 Å². The molecule has 0 fully saturated rings. The summed E-state index contributed by atoms with van der Waals surface area (Å²) in [4.78, 5) is 10.5. The zero-order valence-corrected chi connectivity index (χ0v) is 6.92. The lowest BCUT2D eigenvalue weighted by molar-refractivity contribution is -0.131. The first-order chi connectivity index (χ1) is 6.13. The van der Waals surface area contributed by atoms with E-state index in [1.165, 1.54) is 0 Å². The maximum Gasteiger partial charge on any atom is 0.249 e. The molecule has 0 unspecified atom stereocenters. The van der Waals surface area contributed by atoms with Gasteiger partial charge in [0.1, 0.15) is 6.10 Å². The summed E-state index contributed by atoms with van der Waals surface area (Å²) in [7, 11) is 0. The lowest BCUT2D eigenvalue weighted by Gasteiger charge is -2.14. The van der Waals surface area contributed by atoms with Crippen LogP contribution >= 0.6 is 0 Å². The molecule has 0 aromatic heterocycles. The third-order valence-corrected chi connectivity index (χ3v) is 1.73. The van der Waals surface area contributed by atoms with Crippen molar-refractivity contribution in [3.05, 3.63) is 35.9 Å². The smallest absolute Gasteiger partial charge is 0.249 e. The number of primary amides is 1. The van der Waals surface area contributed by atoms with Crippen molar-refractivity contribution in [1.29, 1.82) is 0 Å². The molecule has 1 amide bonds. The first-order valence-electron chi connectivity index (χ1n) is 3.83. The van der Waals surface area contributed by atoms with Crippen molar-refractivity contribution in [3.8, 4) is 0 Å². The normalized spacial score (nSPS) is 14.9. The van der Waals surface area contributed by atoms with Gasteiger partial charge in [0.25, 0.3) is 0 Å². The molecule has 0 saturated heterocycles. The fourth-order valence-electron chi connectivity index (χ4n) is 0.988. The topological polar surface area (TPSA) is 83.6 Å². The summed E-state index contributed by atoms with van der Waals surface area (Å²) in [5.41, 5.74) is 5.29. The van der Waals surface area contributed by atoms with Gasteiger partial charge in [-0.1, -0.05) is 30.3 Å². The van der Waals surface area contributed by atoms with Gasteiger partial charge < -0.3 is 15.9 Å². The minimum Gasteiger partial charge on any atom is -0.385 e. The van der Waals surface area contributed by atoms with E-state index in [0.717, 1.165) is 0 Å². The number of hydrogen-bond donors (Lipinski definition) is 3. The predicted molar refractivity (Wildman–Crippen MR) is 46.6 cm³/mol. The predicted octanol–water partition coefficient (Wildman–Crippen LogP) is -0.434. The number of amides is 1. The Bertz CT molecular complexity index is 286. The number of nitrogens with two attached hydrogens (primary N) is 1. The van der Waals surface area contributed by atoms with E-state index in [1.807, 2.05) is 0 Å². The van der Waals surface area contributed by atoms with Crippen molar-refractivity contribution in [2.24, 2.45) is 5.73 Å². The Balaban J connectivity index is 2.79. The van der Waals surface area contributed by atoms with Crippen LogP contribution in [0.3, 0.4) is 0 Å². The molecule has 0 saturated carbocycles. The summed E-state index contributed by atoms with van der Waals surface area (Å²) in [5, 5.41) is 18.5. The van der Waals surface area contributed by atoms with Gasteiger partial charge in [0.15, 0.2) is 6.10 Å². The van der Waals surface area contributed by atoms with Crippen LogP contribution in [-0.2, 0) is 4.79 Å². The average Bonchev–Trinajstić information content (AvgIpc) is 2.17. The quantitative estimate of drug-likeness (QED) is 0.591. The summed E-state index contributed by atoms with van der Waals surface area (Å²) in [6, 6.07) is 8.39. The number of aliphatic hydroxyl groups is 2. The van der Waals surface area contributed by atoms with Gasteiger partial charge >= 0.3 is 0 Å². The Morgan fingerprint density at radius 1 is 1.23 bits per heavy atom. The SMILES string of the molecule is NC(=O)[C@H](O)[C@@H](O)c1ccccc1. The third kappa shape index (κ3) is 2.27. The summed E-state index contributed by atoms with van der Waals surface area (Å²) in [6.45, 7) is 0. The molecule has 1 aromatic carbocycles. The highest BCUT2D eigenvalue weighted by molar-refractivity contribution is 5.79. The number of benzene rings is 1. The van der Waals surface area contributed by atoms with E-state index in [4.69, 9.17) is 10.8 Å². The average molecular weight is 181 g/mol. The van der Waals surface area contributed by atoms with Crippen LogP contribution < -0.4 is 5.73 Å². The maximum absolute atomic E-state index is 10.5. The van der Waals surface area contributed by atoms with Crippen LogP contribution in [-0.4, -0.2) is 22.2 Å². The van der Waals surface area contributed by atoms with E-state index in [0.29, 0.717) is 5.56 Å². The van der Waals surface area contributed by atoms with Crippen LogP contribution in [0.1, 0.15) is 11.7 Å². The van der Waals surface area contributed by atoms with E-state index in [-0.39, 0.29) is 0 Å². The largest absolute Gasteiger partial charge is 0.385 e. The minimum atomic E-state index is -1.55. The highest BCUT2D eigenvalue weighted by Crippen LogP contribution is 2.15.